The number of anilines is 4. The van der Waals surface area contributed by atoms with E-state index in [4.69, 9.17) is 4.98 Å². The zero-order chi connectivity index (χ0) is 25.4. The number of H-pyrrole nitrogens is 1. The van der Waals surface area contributed by atoms with E-state index in [1.165, 1.54) is 11.8 Å². The molecule has 3 aromatic heterocycles. The van der Waals surface area contributed by atoms with Crippen molar-refractivity contribution in [1.82, 2.24) is 30.1 Å². The molecule has 4 aromatic rings. The van der Waals surface area contributed by atoms with Gasteiger partial charge in [-0.05, 0) is 74.7 Å². The largest absolute Gasteiger partial charge is 0.326 e. The van der Waals surface area contributed by atoms with Crippen molar-refractivity contribution in [3.05, 3.63) is 48.3 Å². The third kappa shape index (κ3) is 5.92. The minimum Gasteiger partial charge on any atom is -0.326 e. The van der Waals surface area contributed by atoms with E-state index in [2.05, 4.69) is 36.6 Å². The monoisotopic (exact) mass is 517 g/mol. The van der Waals surface area contributed by atoms with E-state index in [9.17, 15) is 9.59 Å². The molecule has 0 bridgehead atoms. The summed E-state index contributed by atoms with van der Waals surface area (Å²) in [5.41, 5.74) is 3.03. The lowest BCUT2D eigenvalue weighted by Crippen LogP contribution is -2.29. The molecule has 0 spiro atoms. The van der Waals surface area contributed by atoms with Crippen molar-refractivity contribution in [2.24, 2.45) is 5.92 Å². The third-order valence-corrected chi connectivity index (χ3v) is 6.95. The van der Waals surface area contributed by atoms with Crippen LogP contribution in [0.1, 0.15) is 31.4 Å². The number of fused-ring (bicyclic) bond motifs is 1. The van der Waals surface area contributed by atoms with Crippen molar-refractivity contribution < 1.29 is 9.59 Å². The van der Waals surface area contributed by atoms with Crippen LogP contribution in [-0.2, 0) is 9.59 Å². The van der Waals surface area contributed by atoms with Gasteiger partial charge in [0, 0.05) is 34.3 Å². The van der Waals surface area contributed by atoms with Gasteiger partial charge in [0.05, 0.1) is 18.4 Å². The maximum atomic E-state index is 12.4. The number of aromatic nitrogens is 5. The molecule has 1 aromatic carbocycles. The van der Waals surface area contributed by atoms with Gasteiger partial charge in [0.1, 0.15) is 5.52 Å². The van der Waals surface area contributed by atoms with Gasteiger partial charge in [0.15, 0.2) is 11.6 Å². The molecule has 37 heavy (non-hydrogen) atoms. The number of rotatable bonds is 10. The zero-order valence-corrected chi connectivity index (χ0v) is 21.1. The van der Waals surface area contributed by atoms with E-state index >= 15 is 0 Å². The number of hydrogen-bond donors (Lipinski definition) is 5. The molecule has 2 fully saturated rings. The second-order valence-electron chi connectivity index (χ2n) is 9.46. The molecule has 190 valence electrons. The Morgan fingerprint density at radius 1 is 1.08 bits per heavy atom. The summed E-state index contributed by atoms with van der Waals surface area (Å²) >= 11 is 1.40. The standard InChI is InChI=1S/C25H27N9O2S/c1-14-10-21(32-31-14)29-23-20-11-18(27-22(35)12-26-16-4-5-16)13-34(20)33-25(30-23)37-19-8-6-17(7-9-19)28-24(36)15-2-3-15/h6-11,13,15-16,26H,2-5,12H2,1H3,(H,27,35)(H,28,36)(H2,29,30,31,32,33). The van der Waals surface area contributed by atoms with Crippen LogP contribution < -0.4 is 21.3 Å². The van der Waals surface area contributed by atoms with E-state index in [1.54, 1.807) is 10.7 Å². The Balaban J connectivity index is 1.23. The van der Waals surface area contributed by atoms with E-state index < -0.39 is 0 Å². The predicted octanol–water partition coefficient (Wildman–Crippen LogP) is 3.69. The Labute approximate surface area is 217 Å². The molecular formula is C25H27N9O2S. The van der Waals surface area contributed by atoms with Crippen LogP contribution in [0.3, 0.4) is 0 Å². The topological polar surface area (TPSA) is 141 Å². The predicted molar refractivity (Wildman–Crippen MR) is 141 cm³/mol. The van der Waals surface area contributed by atoms with Crippen molar-refractivity contribution in [1.29, 1.82) is 0 Å². The highest BCUT2D eigenvalue weighted by atomic mass is 32.2. The highest BCUT2D eigenvalue weighted by molar-refractivity contribution is 7.99. The summed E-state index contributed by atoms with van der Waals surface area (Å²) in [6.45, 7) is 2.20. The maximum absolute atomic E-state index is 12.4. The first-order valence-corrected chi connectivity index (χ1v) is 13.1. The van der Waals surface area contributed by atoms with Gasteiger partial charge in [0.25, 0.3) is 0 Å². The van der Waals surface area contributed by atoms with Gasteiger partial charge in [0.2, 0.25) is 17.0 Å². The fourth-order valence-corrected chi connectivity index (χ4v) is 4.57. The number of benzene rings is 1. The smallest absolute Gasteiger partial charge is 0.238 e. The molecule has 2 aliphatic rings. The molecule has 3 heterocycles. The summed E-state index contributed by atoms with van der Waals surface area (Å²) in [4.78, 5) is 30.0. The summed E-state index contributed by atoms with van der Waals surface area (Å²) in [6, 6.07) is 11.8. The Hall–Kier alpha value is -3.90. The lowest BCUT2D eigenvalue weighted by Gasteiger charge is -2.08. The summed E-state index contributed by atoms with van der Waals surface area (Å²) in [5, 5.41) is 24.7. The Morgan fingerprint density at radius 2 is 1.89 bits per heavy atom. The molecule has 5 N–H and O–H groups in total. The number of nitrogens with zero attached hydrogens (tertiary/aromatic N) is 4. The normalized spacial score (nSPS) is 15.1. The molecule has 2 aliphatic carbocycles. The number of carbonyl (C=O) groups excluding carboxylic acids is 2. The van der Waals surface area contributed by atoms with Crippen LogP contribution >= 0.6 is 11.8 Å². The Morgan fingerprint density at radius 3 is 2.59 bits per heavy atom. The van der Waals surface area contributed by atoms with E-state index in [0.29, 0.717) is 34.0 Å². The second-order valence-corrected chi connectivity index (χ2v) is 10.5. The number of amides is 2. The number of aryl methyl sites for hydroxylation is 1. The molecule has 2 saturated carbocycles. The first kappa shape index (κ1) is 23.5. The number of nitrogens with one attached hydrogen (secondary N) is 5. The quantitative estimate of drug-likeness (QED) is 0.214. The maximum Gasteiger partial charge on any atom is 0.238 e. The van der Waals surface area contributed by atoms with Crippen molar-refractivity contribution in [2.75, 3.05) is 22.5 Å². The van der Waals surface area contributed by atoms with Crippen molar-refractivity contribution in [2.45, 2.75) is 48.7 Å². The molecule has 2 amide bonds. The summed E-state index contributed by atoms with van der Waals surface area (Å²) in [5.74, 6) is 1.33. The highest BCUT2D eigenvalue weighted by Gasteiger charge is 2.29. The minimum absolute atomic E-state index is 0.0809. The molecule has 12 heteroatoms. The van der Waals surface area contributed by atoms with E-state index in [0.717, 1.165) is 42.0 Å². The van der Waals surface area contributed by atoms with Crippen LogP contribution in [0.4, 0.5) is 23.0 Å². The van der Waals surface area contributed by atoms with Gasteiger partial charge < -0.3 is 21.3 Å². The van der Waals surface area contributed by atoms with E-state index in [1.807, 2.05) is 43.3 Å². The van der Waals surface area contributed by atoms with Crippen LogP contribution in [0.15, 0.2) is 52.6 Å². The SMILES string of the molecule is Cc1cc(Nc2nc(Sc3ccc(NC(=O)C4CC4)cc3)nn3cc(NC(=O)CNC4CC4)cc23)n[nH]1. The van der Waals surface area contributed by atoms with Crippen LogP contribution in [-0.4, -0.2) is 49.2 Å². The summed E-state index contributed by atoms with van der Waals surface area (Å²) < 4.78 is 1.70. The van der Waals surface area contributed by atoms with Crippen LogP contribution in [0, 0.1) is 12.8 Å². The number of hydrogen-bond acceptors (Lipinski definition) is 8. The van der Waals surface area contributed by atoms with Crippen molar-refractivity contribution in [3.63, 3.8) is 0 Å². The number of aromatic amines is 1. The molecule has 11 nitrogen and oxygen atoms in total. The summed E-state index contributed by atoms with van der Waals surface area (Å²) in [7, 11) is 0. The Bertz CT molecular complexity index is 1450. The van der Waals surface area contributed by atoms with Crippen molar-refractivity contribution in [3.8, 4) is 0 Å². The fourth-order valence-electron chi connectivity index (χ4n) is 3.82. The molecule has 0 saturated heterocycles. The van der Waals surface area contributed by atoms with Gasteiger partial charge in [-0.3, -0.25) is 14.7 Å². The molecule has 0 aliphatic heterocycles. The van der Waals surface area contributed by atoms with Gasteiger partial charge in [-0.2, -0.15) is 5.10 Å². The fraction of sp³-hybridized carbons (Fsp3) is 0.320. The molecule has 0 radical (unpaired) electrons. The molecular weight excluding hydrogens is 490 g/mol. The van der Waals surface area contributed by atoms with Crippen LogP contribution in [0.5, 0.6) is 0 Å². The Kier molecular flexibility index (Phi) is 6.26. The molecule has 0 unspecified atom stereocenters. The minimum atomic E-state index is -0.100. The van der Waals surface area contributed by atoms with Crippen LogP contribution in [0.2, 0.25) is 0 Å². The van der Waals surface area contributed by atoms with Gasteiger partial charge in [-0.15, -0.1) is 5.10 Å². The molecule has 0 atom stereocenters. The first-order chi connectivity index (χ1) is 18.0. The third-order valence-electron chi connectivity index (χ3n) is 6.09. The van der Waals surface area contributed by atoms with Crippen LogP contribution in [0.25, 0.3) is 5.52 Å². The van der Waals surface area contributed by atoms with Crippen molar-refractivity contribution >= 4 is 52.1 Å². The highest BCUT2D eigenvalue weighted by Crippen LogP contribution is 2.32. The molecule has 6 rings (SSSR count). The number of carbonyl (C=O) groups is 2. The van der Waals surface area contributed by atoms with Gasteiger partial charge in [-0.1, -0.05) is 0 Å². The zero-order valence-electron chi connectivity index (χ0n) is 20.2. The van der Waals surface area contributed by atoms with Gasteiger partial charge in [-0.25, -0.2) is 9.50 Å². The lowest BCUT2D eigenvalue weighted by molar-refractivity contribution is -0.117. The van der Waals surface area contributed by atoms with E-state index in [-0.39, 0.29) is 24.3 Å². The van der Waals surface area contributed by atoms with Gasteiger partial charge >= 0.3 is 0 Å². The first-order valence-electron chi connectivity index (χ1n) is 12.3. The average molecular weight is 518 g/mol. The average Bonchev–Trinajstić information content (AvgIpc) is 3.80. The second kappa shape index (κ2) is 9.87. The summed E-state index contributed by atoms with van der Waals surface area (Å²) in [6.07, 6.45) is 5.96. The lowest BCUT2D eigenvalue weighted by atomic mass is 10.3.